The summed E-state index contributed by atoms with van der Waals surface area (Å²) in [5, 5.41) is 5.05. The number of methoxy groups -OCH3 is 1. The number of hydrogen-bond donors (Lipinski definition) is 3. The van der Waals surface area contributed by atoms with E-state index in [1.807, 2.05) is 6.92 Å². The molecule has 0 saturated carbocycles. The van der Waals surface area contributed by atoms with Crippen molar-refractivity contribution in [2.45, 2.75) is 19.5 Å². The molecule has 3 N–H and O–H groups in total. The number of halogens is 3. The number of alkyl halides is 3. The van der Waals surface area contributed by atoms with E-state index in [2.05, 4.69) is 10.6 Å². The van der Waals surface area contributed by atoms with Gasteiger partial charge in [-0.3, -0.25) is 9.59 Å². The minimum atomic E-state index is -4.57. The predicted octanol–water partition coefficient (Wildman–Crippen LogP) is 2.59. The second-order valence-electron chi connectivity index (χ2n) is 6.69. The van der Waals surface area contributed by atoms with Crippen molar-refractivity contribution in [1.82, 2.24) is 0 Å². The molecule has 0 heterocycles. The van der Waals surface area contributed by atoms with Crippen molar-refractivity contribution in [3.63, 3.8) is 0 Å². The third-order valence-corrected chi connectivity index (χ3v) is 4.31. The highest BCUT2D eigenvalue weighted by Gasteiger charge is 2.33. The maximum absolute atomic E-state index is 13.1. The Balaban J connectivity index is 2.02. The Labute approximate surface area is 173 Å². The van der Waals surface area contributed by atoms with Gasteiger partial charge in [-0.15, -0.1) is 0 Å². The van der Waals surface area contributed by atoms with Crippen LogP contribution in [0, 0.1) is 0 Å². The summed E-state index contributed by atoms with van der Waals surface area (Å²) in [4.78, 5) is 25.4. The fourth-order valence-corrected chi connectivity index (χ4v) is 3.02. The standard InChI is InChI=1S/C21H24F3N3O3/c1-3-12-27(14-20(29)26-17-10-6-7-11-18(17)30-2)13-19(28)25-16-9-5-4-8-15(16)21(22,23)24/h4-11H,3,12-14H2,1-2H3,(H,25,28)(H,26,29)/p+1. The zero-order valence-corrected chi connectivity index (χ0v) is 16.8. The van der Waals surface area contributed by atoms with Crippen LogP contribution in [0.1, 0.15) is 18.9 Å². The van der Waals surface area contributed by atoms with E-state index in [4.69, 9.17) is 4.74 Å². The van der Waals surface area contributed by atoms with E-state index in [1.54, 1.807) is 24.3 Å². The second-order valence-corrected chi connectivity index (χ2v) is 6.69. The minimum Gasteiger partial charge on any atom is -0.495 e. The summed E-state index contributed by atoms with van der Waals surface area (Å²) < 4.78 is 44.5. The van der Waals surface area contributed by atoms with Crippen LogP contribution in [0.3, 0.4) is 0 Å². The third kappa shape index (κ3) is 6.77. The molecule has 0 spiro atoms. The SMILES string of the molecule is CCC[NH+](CC(=O)Nc1ccccc1OC)CC(=O)Nc1ccccc1C(F)(F)F. The highest BCUT2D eigenvalue weighted by Crippen LogP contribution is 2.34. The molecule has 0 aliphatic rings. The molecular weight excluding hydrogens is 399 g/mol. The third-order valence-electron chi connectivity index (χ3n) is 4.31. The van der Waals surface area contributed by atoms with Crippen molar-refractivity contribution in [2.75, 3.05) is 37.4 Å². The zero-order valence-electron chi connectivity index (χ0n) is 16.8. The molecule has 2 rings (SSSR count). The van der Waals surface area contributed by atoms with Crippen LogP contribution < -0.4 is 20.3 Å². The Hall–Kier alpha value is -3.07. The summed E-state index contributed by atoms with van der Waals surface area (Å²) in [5.74, 6) is -0.420. The van der Waals surface area contributed by atoms with Crippen LogP contribution in [0.2, 0.25) is 0 Å². The molecule has 30 heavy (non-hydrogen) atoms. The van der Waals surface area contributed by atoms with Gasteiger partial charge in [-0.1, -0.05) is 31.2 Å². The molecule has 0 saturated heterocycles. The fourth-order valence-electron chi connectivity index (χ4n) is 3.02. The number of carbonyl (C=O) groups excluding carboxylic acids is 2. The maximum Gasteiger partial charge on any atom is 0.418 e. The van der Waals surface area contributed by atoms with Gasteiger partial charge in [0.25, 0.3) is 11.8 Å². The van der Waals surface area contributed by atoms with Gasteiger partial charge in [0.2, 0.25) is 0 Å². The smallest absolute Gasteiger partial charge is 0.418 e. The lowest BCUT2D eigenvalue weighted by atomic mass is 10.1. The van der Waals surface area contributed by atoms with E-state index in [0.717, 1.165) is 6.07 Å². The Morgan fingerprint density at radius 3 is 2.03 bits per heavy atom. The number of anilines is 2. The van der Waals surface area contributed by atoms with Crippen LogP contribution in [0.4, 0.5) is 24.5 Å². The summed E-state index contributed by atoms with van der Waals surface area (Å²) >= 11 is 0. The van der Waals surface area contributed by atoms with E-state index < -0.39 is 17.6 Å². The molecule has 1 unspecified atom stereocenters. The Kier molecular flexibility index (Phi) is 8.23. The first-order valence-electron chi connectivity index (χ1n) is 9.47. The summed E-state index contributed by atoms with van der Waals surface area (Å²) in [6.45, 7) is 2.25. The van der Waals surface area contributed by atoms with E-state index in [9.17, 15) is 22.8 Å². The highest BCUT2D eigenvalue weighted by molar-refractivity contribution is 5.94. The van der Waals surface area contributed by atoms with Crippen molar-refractivity contribution >= 4 is 23.2 Å². The summed E-state index contributed by atoms with van der Waals surface area (Å²) in [7, 11) is 1.49. The number of amides is 2. The van der Waals surface area contributed by atoms with Crippen LogP contribution in [0.5, 0.6) is 5.75 Å². The molecule has 2 aromatic rings. The molecule has 0 radical (unpaired) electrons. The molecule has 2 amide bonds. The molecule has 0 aromatic heterocycles. The summed E-state index contributed by atoms with van der Waals surface area (Å²) in [6.07, 6.45) is -3.88. The molecular formula is C21H25F3N3O3+. The molecule has 6 nitrogen and oxygen atoms in total. The first-order chi connectivity index (χ1) is 14.2. The first-order valence-corrected chi connectivity index (χ1v) is 9.47. The first kappa shape index (κ1) is 23.2. The largest absolute Gasteiger partial charge is 0.495 e. The van der Waals surface area contributed by atoms with E-state index >= 15 is 0 Å². The van der Waals surface area contributed by atoms with Gasteiger partial charge in [0.15, 0.2) is 13.1 Å². The van der Waals surface area contributed by atoms with E-state index in [-0.39, 0.29) is 24.7 Å². The molecule has 162 valence electrons. The number of para-hydroxylation sites is 3. The molecule has 0 aliphatic heterocycles. The minimum absolute atomic E-state index is 0.0137. The maximum atomic E-state index is 13.1. The van der Waals surface area contributed by atoms with Gasteiger partial charge in [-0.25, -0.2) is 0 Å². The van der Waals surface area contributed by atoms with Crippen LogP contribution >= 0.6 is 0 Å². The van der Waals surface area contributed by atoms with E-state index in [1.165, 1.54) is 25.3 Å². The van der Waals surface area contributed by atoms with Crippen LogP contribution in [-0.2, 0) is 15.8 Å². The van der Waals surface area contributed by atoms with Crippen LogP contribution in [0.15, 0.2) is 48.5 Å². The van der Waals surface area contributed by atoms with Gasteiger partial charge in [-0.05, 0) is 30.7 Å². The number of benzene rings is 2. The zero-order chi connectivity index (χ0) is 22.1. The summed E-state index contributed by atoms with van der Waals surface area (Å²) in [5.41, 5.74) is -0.710. The number of ether oxygens (including phenoxy) is 1. The molecule has 0 fully saturated rings. The van der Waals surface area contributed by atoms with Crippen molar-refractivity contribution in [3.8, 4) is 5.75 Å². The van der Waals surface area contributed by atoms with Gasteiger partial charge in [0.05, 0.1) is 30.6 Å². The normalized spacial score (nSPS) is 12.2. The quantitative estimate of drug-likeness (QED) is 0.580. The van der Waals surface area contributed by atoms with Crippen LogP contribution in [-0.4, -0.2) is 38.6 Å². The lowest BCUT2D eigenvalue weighted by Crippen LogP contribution is -3.14. The predicted molar refractivity (Wildman–Crippen MR) is 108 cm³/mol. The van der Waals surface area contributed by atoms with Crippen molar-refractivity contribution in [3.05, 3.63) is 54.1 Å². The Bertz CT molecular complexity index is 872. The summed E-state index contributed by atoms with van der Waals surface area (Å²) in [6, 6.07) is 11.7. The lowest BCUT2D eigenvalue weighted by Gasteiger charge is -2.19. The van der Waals surface area contributed by atoms with Gasteiger partial charge in [-0.2, -0.15) is 13.2 Å². The second kappa shape index (κ2) is 10.6. The van der Waals surface area contributed by atoms with Crippen molar-refractivity contribution < 1.29 is 32.4 Å². The molecule has 0 bridgehead atoms. The molecule has 9 heteroatoms. The molecule has 2 aromatic carbocycles. The van der Waals surface area contributed by atoms with Gasteiger partial charge < -0.3 is 20.3 Å². The molecule has 0 aliphatic carbocycles. The van der Waals surface area contributed by atoms with Gasteiger partial charge in [0.1, 0.15) is 5.75 Å². The number of hydrogen-bond acceptors (Lipinski definition) is 3. The average Bonchev–Trinajstić information content (AvgIpc) is 2.68. The average molecular weight is 424 g/mol. The monoisotopic (exact) mass is 424 g/mol. The highest BCUT2D eigenvalue weighted by atomic mass is 19.4. The number of rotatable bonds is 9. The fraction of sp³-hybridized carbons (Fsp3) is 0.333. The topological polar surface area (TPSA) is 71.9 Å². The van der Waals surface area contributed by atoms with Crippen molar-refractivity contribution in [1.29, 1.82) is 0 Å². The Morgan fingerprint density at radius 2 is 1.47 bits per heavy atom. The number of nitrogens with one attached hydrogen (secondary N) is 3. The van der Waals surface area contributed by atoms with Crippen LogP contribution in [0.25, 0.3) is 0 Å². The van der Waals surface area contributed by atoms with Gasteiger partial charge in [0, 0.05) is 0 Å². The van der Waals surface area contributed by atoms with Crippen molar-refractivity contribution in [2.24, 2.45) is 0 Å². The number of carbonyl (C=O) groups is 2. The molecule has 1 atom stereocenters. The van der Waals surface area contributed by atoms with E-state index in [0.29, 0.717) is 29.3 Å². The van der Waals surface area contributed by atoms with Gasteiger partial charge >= 0.3 is 6.18 Å². The number of quaternary nitrogens is 1. The Morgan fingerprint density at radius 1 is 0.933 bits per heavy atom. The lowest BCUT2D eigenvalue weighted by molar-refractivity contribution is -0.883.